The average molecular weight is 239 g/mol. The quantitative estimate of drug-likeness (QED) is 0.782. The second-order valence-electron chi connectivity index (χ2n) is 6.61. The van der Waals surface area contributed by atoms with Crippen molar-refractivity contribution in [2.75, 3.05) is 39.8 Å². The molecule has 2 rings (SSSR count). The van der Waals surface area contributed by atoms with Crippen LogP contribution in [0.5, 0.6) is 0 Å². The molecule has 0 radical (unpaired) electrons. The van der Waals surface area contributed by atoms with E-state index >= 15 is 0 Å². The summed E-state index contributed by atoms with van der Waals surface area (Å²) in [4.78, 5) is 5.06. The van der Waals surface area contributed by atoms with Gasteiger partial charge in [-0.05, 0) is 46.6 Å². The first-order valence-corrected chi connectivity index (χ1v) is 7.16. The van der Waals surface area contributed by atoms with E-state index in [0.29, 0.717) is 11.6 Å². The van der Waals surface area contributed by atoms with Crippen LogP contribution in [0.3, 0.4) is 0 Å². The van der Waals surface area contributed by atoms with Crippen molar-refractivity contribution in [2.24, 2.45) is 5.92 Å². The summed E-state index contributed by atoms with van der Waals surface area (Å²) in [6, 6.07) is 0.710. The van der Waals surface area contributed by atoms with Gasteiger partial charge in [-0.2, -0.15) is 0 Å². The van der Waals surface area contributed by atoms with Gasteiger partial charge >= 0.3 is 0 Å². The van der Waals surface area contributed by atoms with Gasteiger partial charge in [0.25, 0.3) is 0 Å². The number of piperazine rings is 1. The van der Waals surface area contributed by atoms with E-state index in [0.717, 1.165) is 12.5 Å². The summed E-state index contributed by atoms with van der Waals surface area (Å²) >= 11 is 0. The lowest BCUT2D eigenvalue weighted by atomic mass is 10.0. The van der Waals surface area contributed by atoms with Crippen LogP contribution in [0.4, 0.5) is 0 Å². The molecule has 2 fully saturated rings. The fourth-order valence-corrected chi connectivity index (χ4v) is 2.70. The van der Waals surface area contributed by atoms with Crippen LogP contribution in [-0.2, 0) is 0 Å². The predicted molar refractivity (Wildman–Crippen MR) is 73.3 cm³/mol. The molecule has 3 nitrogen and oxygen atoms in total. The fraction of sp³-hybridized carbons (Fsp3) is 1.00. The molecule has 0 aromatic carbocycles. The minimum Gasteiger partial charge on any atom is -0.312 e. The van der Waals surface area contributed by atoms with E-state index in [1.165, 1.54) is 39.0 Å². The monoisotopic (exact) mass is 239 g/mol. The molecule has 1 aliphatic carbocycles. The molecule has 0 spiro atoms. The van der Waals surface area contributed by atoms with E-state index in [4.69, 9.17) is 0 Å². The highest BCUT2D eigenvalue weighted by atomic mass is 15.3. The Morgan fingerprint density at radius 2 is 1.76 bits per heavy atom. The van der Waals surface area contributed by atoms with Crippen molar-refractivity contribution in [2.45, 2.75) is 45.2 Å². The third-order valence-corrected chi connectivity index (χ3v) is 4.55. The van der Waals surface area contributed by atoms with Crippen molar-refractivity contribution in [1.29, 1.82) is 0 Å². The van der Waals surface area contributed by atoms with E-state index < -0.39 is 0 Å². The molecule has 1 saturated carbocycles. The second-order valence-corrected chi connectivity index (χ2v) is 6.61. The van der Waals surface area contributed by atoms with E-state index in [1.807, 2.05) is 0 Å². The Balaban J connectivity index is 1.76. The zero-order chi connectivity index (χ0) is 12.5. The van der Waals surface area contributed by atoms with Gasteiger partial charge < -0.3 is 10.2 Å². The molecule has 1 saturated heterocycles. The molecule has 1 heterocycles. The molecule has 100 valence electrons. The highest BCUT2D eigenvalue weighted by Crippen LogP contribution is 2.32. The van der Waals surface area contributed by atoms with Crippen molar-refractivity contribution in [3.63, 3.8) is 0 Å². The normalized spacial score (nSPS) is 26.1. The van der Waals surface area contributed by atoms with Crippen LogP contribution in [0.2, 0.25) is 0 Å². The van der Waals surface area contributed by atoms with E-state index in [9.17, 15) is 0 Å². The lowest BCUT2D eigenvalue weighted by Gasteiger charge is -2.44. The highest BCUT2D eigenvalue weighted by molar-refractivity contribution is 4.90. The van der Waals surface area contributed by atoms with Crippen molar-refractivity contribution in [3.05, 3.63) is 0 Å². The van der Waals surface area contributed by atoms with Gasteiger partial charge in [0.05, 0.1) is 0 Å². The number of nitrogens with zero attached hydrogens (tertiary/aromatic N) is 2. The maximum Gasteiger partial charge on any atom is 0.0278 e. The first-order valence-electron chi connectivity index (χ1n) is 7.16. The van der Waals surface area contributed by atoms with Gasteiger partial charge in [0.2, 0.25) is 0 Å². The van der Waals surface area contributed by atoms with Gasteiger partial charge in [0.15, 0.2) is 0 Å². The van der Waals surface area contributed by atoms with Crippen LogP contribution in [0.15, 0.2) is 0 Å². The summed E-state index contributed by atoms with van der Waals surface area (Å²) in [5.41, 5.74) is 0.296. The van der Waals surface area contributed by atoms with Gasteiger partial charge in [0, 0.05) is 44.3 Å². The van der Waals surface area contributed by atoms with Crippen molar-refractivity contribution in [1.82, 2.24) is 15.1 Å². The molecule has 1 N–H and O–H groups in total. The average Bonchev–Trinajstić information content (AvgIpc) is 3.10. The smallest absolute Gasteiger partial charge is 0.0278 e. The van der Waals surface area contributed by atoms with Crippen LogP contribution >= 0.6 is 0 Å². The van der Waals surface area contributed by atoms with Crippen LogP contribution in [-0.4, -0.2) is 61.2 Å². The van der Waals surface area contributed by atoms with Crippen LogP contribution in [0.25, 0.3) is 0 Å². The first kappa shape index (κ1) is 13.3. The molecular formula is C14H29N3. The summed E-state index contributed by atoms with van der Waals surface area (Å²) in [5.74, 6) is 0.957. The Morgan fingerprint density at radius 3 is 2.29 bits per heavy atom. The Kier molecular flexibility index (Phi) is 4.11. The predicted octanol–water partition coefficient (Wildman–Crippen LogP) is 1.40. The lowest BCUT2D eigenvalue weighted by Crippen LogP contribution is -2.58. The summed E-state index contributed by atoms with van der Waals surface area (Å²) in [6.45, 7) is 13.1. The zero-order valence-electron chi connectivity index (χ0n) is 12.0. The standard InChI is InChI=1S/C14H29N3/c1-12(13-5-6-13)15-11-14(2,3)17-9-7-16(4)8-10-17/h12-13,15H,5-11H2,1-4H3. The summed E-state index contributed by atoms with van der Waals surface area (Å²) in [6.07, 6.45) is 2.87. The number of nitrogens with one attached hydrogen (secondary N) is 1. The van der Waals surface area contributed by atoms with Gasteiger partial charge in [0.1, 0.15) is 0 Å². The van der Waals surface area contributed by atoms with Crippen LogP contribution in [0.1, 0.15) is 33.6 Å². The summed E-state index contributed by atoms with van der Waals surface area (Å²) in [5, 5.41) is 3.74. The number of rotatable bonds is 5. The van der Waals surface area contributed by atoms with E-state index in [1.54, 1.807) is 0 Å². The molecule has 1 unspecified atom stereocenters. The summed E-state index contributed by atoms with van der Waals surface area (Å²) < 4.78 is 0. The fourth-order valence-electron chi connectivity index (χ4n) is 2.70. The van der Waals surface area contributed by atoms with Crippen LogP contribution in [0, 0.1) is 5.92 Å². The van der Waals surface area contributed by atoms with Gasteiger partial charge in [-0.3, -0.25) is 4.90 Å². The third kappa shape index (κ3) is 3.67. The van der Waals surface area contributed by atoms with Crippen molar-refractivity contribution in [3.8, 4) is 0 Å². The Hall–Kier alpha value is -0.120. The zero-order valence-corrected chi connectivity index (χ0v) is 12.0. The molecule has 0 amide bonds. The SMILES string of the molecule is CC(NCC(C)(C)N1CCN(C)CC1)C1CC1. The largest absolute Gasteiger partial charge is 0.312 e. The topological polar surface area (TPSA) is 18.5 Å². The lowest BCUT2D eigenvalue weighted by molar-refractivity contribution is 0.0600. The summed E-state index contributed by atoms with van der Waals surface area (Å²) in [7, 11) is 2.22. The molecule has 0 aromatic heterocycles. The Bertz CT molecular complexity index is 240. The van der Waals surface area contributed by atoms with E-state index in [2.05, 4.69) is 42.9 Å². The Morgan fingerprint density at radius 1 is 1.18 bits per heavy atom. The van der Waals surface area contributed by atoms with Crippen LogP contribution < -0.4 is 5.32 Å². The minimum atomic E-state index is 0.296. The molecule has 17 heavy (non-hydrogen) atoms. The molecule has 1 aliphatic heterocycles. The second kappa shape index (κ2) is 5.25. The van der Waals surface area contributed by atoms with Gasteiger partial charge in [-0.15, -0.1) is 0 Å². The maximum atomic E-state index is 3.74. The van der Waals surface area contributed by atoms with Crippen molar-refractivity contribution < 1.29 is 0 Å². The molecule has 3 heteroatoms. The number of likely N-dealkylation sites (N-methyl/N-ethyl adjacent to an activating group) is 1. The first-order chi connectivity index (χ1) is 7.99. The molecular weight excluding hydrogens is 210 g/mol. The highest BCUT2D eigenvalue weighted by Gasteiger charge is 2.32. The molecule has 2 aliphatic rings. The third-order valence-electron chi connectivity index (χ3n) is 4.55. The van der Waals surface area contributed by atoms with Crippen molar-refractivity contribution >= 4 is 0 Å². The molecule has 0 aromatic rings. The number of hydrogen-bond acceptors (Lipinski definition) is 3. The van der Waals surface area contributed by atoms with Gasteiger partial charge in [-0.1, -0.05) is 0 Å². The van der Waals surface area contributed by atoms with E-state index in [-0.39, 0.29) is 0 Å². The molecule has 1 atom stereocenters. The number of hydrogen-bond donors (Lipinski definition) is 1. The van der Waals surface area contributed by atoms with Gasteiger partial charge in [-0.25, -0.2) is 0 Å². The maximum absolute atomic E-state index is 3.74. The minimum absolute atomic E-state index is 0.296. The molecule has 0 bridgehead atoms. The Labute approximate surface area is 107 Å².